The van der Waals surface area contributed by atoms with E-state index in [1.165, 1.54) is 0 Å². The minimum atomic E-state index is 0.230. The van der Waals surface area contributed by atoms with Crippen LogP contribution in [0.3, 0.4) is 0 Å². The topological polar surface area (TPSA) is 44.5 Å². The molecule has 0 aliphatic carbocycles. The molecular formula is C7H15NO2. The fraction of sp³-hybridized carbons (Fsp3) is 1.00. The first-order valence-corrected chi connectivity index (χ1v) is 3.69. The maximum atomic E-state index is 5.72. The van der Waals surface area contributed by atoms with Gasteiger partial charge in [-0.3, -0.25) is 0 Å². The highest BCUT2D eigenvalue weighted by molar-refractivity contribution is 4.72. The van der Waals surface area contributed by atoms with Crippen molar-refractivity contribution in [1.29, 1.82) is 0 Å². The van der Waals surface area contributed by atoms with Crippen LogP contribution in [0.25, 0.3) is 0 Å². The lowest BCUT2D eigenvalue weighted by Gasteiger charge is -2.26. The lowest BCUT2D eigenvalue weighted by atomic mass is 10.1. The third-order valence-corrected chi connectivity index (χ3v) is 1.76. The molecule has 0 radical (unpaired) electrons. The van der Waals surface area contributed by atoms with Crippen molar-refractivity contribution in [2.24, 2.45) is 5.73 Å². The molecule has 1 aliphatic rings. The molecule has 1 fully saturated rings. The van der Waals surface area contributed by atoms with Gasteiger partial charge < -0.3 is 15.2 Å². The zero-order chi connectivity index (χ0) is 7.40. The van der Waals surface area contributed by atoms with E-state index < -0.39 is 0 Å². The van der Waals surface area contributed by atoms with Gasteiger partial charge in [0, 0.05) is 19.8 Å². The van der Waals surface area contributed by atoms with Gasteiger partial charge in [0.15, 0.2) is 0 Å². The fourth-order valence-electron chi connectivity index (χ4n) is 1.21. The van der Waals surface area contributed by atoms with Crippen molar-refractivity contribution in [2.45, 2.75) is 25.0 Å². The van der Waals surface area contributed by atoms with Crippen LogP contribution in [0, 0.1) is 0 Å². The van der Waals surface area contributed by atoms with Gasteiger partial charge >= 0.3 is 0 Å². The molecule has 1 rings (SSSR count). The lowest BCUT2D eigenvalue weighted by Crippen LogP contribution is -2.36. The Labute approximate surface area is 61.5 Å². The summed E-state index contributed by atoms with van der Waals surface area (Å²) in [5.41, 5.74) is 5.72. The molecule has 10 heavy (non-hydrogen) atoms. The number of rotatable bonds is 2. The lowest BCUT2D eigenvalue weighted by molar-refractivity contribution is -0.0348. The van der Waals surface area contributed by atoms with Crippen LogP contribution in [0.4, 0.5) is 0 Å². The standard InChI is InChI=1S/C7H15NO2/c1-9-5-7-4-6(8)2-3-10-7/h6-7H,2-5,8H2,1H3. The first-order chi connectivity index (χ1) is 4.83. The molecule has 2 atom stereocenters. The van der Waals surface area contributed by atoms with E-state index in [1.54, 1.807) is 7.11 Å². The van der Waals surface area contributed by atoms with Crippen molar-refractivity contribution in [3.63, 3.8) is 0 Å². The van der Waals surface area contributed by atoms with Crippen molar-refractivity contribution in [3.8, 4) is 0 Å². The molecule has 2 N–H and O–H groups in total. The molecule has 1 heterocycles. The van der Waals surface area contributed by atoms with Crippen LogP contribution in [0.1, 0.15) is 12.8 Å². The van der Waals surface area contributed by atoms with E-state index in [1.807, 2.05) is 0 Å². The van der Waals surface area contributed by atoms with E-state index in [0.29, 0.717) is 12.6 Å². The smallest absolute Gasteiger partial charge is 0.0823 e. The average molecular weight is 145 g/mol. The summed E-state index contributed by atoms with van der Waals surface area (Å²) in [4.78, 5) is 0. The molecule has 60 valence electrons. The Bertz CT molecular complexity index is 95.6. The molecule has 0 spiro atoms. The molecular weight excluding hydrogens is 130 g/mol. The molecule has 0 aromatic carbocycles. The minimum Gasteiger partial charge on any atom is -0.382 e. The normalized spacial score (nSPS) is 34.2. The Morgan fingerprint density at radius 2 is 2.50 bits per heavy atom. The van der Waals surface area contributed by atoms with Crippen molar-refractivity contribution < 1.29 is 9.47 Å². The molecule has 1 saturated heterocycles. The van der Waals surface area contributed by atoms with Gasteiger partial charge in [-0.25, -0.2) is 0 Å². The van der Waals surface area contributed by atoms with E-state index in [9.17, 15) is 0 Å². The van der Waals surface area contributed by atoms with Gasteiger partial charge in [0.1, 0.15) is 0 Å². The number of ether oxygens (including phenoxy) is 2. The van der Waals surface area contributed by atoms with E-state index >= 15 is 0 Å². The van der Waals surface area contributed by atoms with Crippen LogP contribution in [0.2, 0.25) is 0 Å². The van der Waals surface area contributed by atoms with E-state index in [0.717, 1.165) is 19.4 Å². The molecule has 0 aromatic heterocycles. The highest BCUT2D eigenvalue weighted by Gasteiger charge is 2.18. The monoisotopic (exact) mass is 145 g/mol. The fourth-order valence-corrected chi connectivity index (χ4v) is 1.21. The molecule has 1 aliphatic heterocycles. The number of hydrogen-bond donors (Lipinski definition) is 1. The van der Waals surface area contributed by atoms with E-state index in [-0.39, 0.29) is 6.10 Å². The summed E-state index contributed by atoms with van der Waals surface area (Å²) in [5, 5.41) is 0. The average Bonchev–Trinajstić information content (AvgIpc) is 1.88. The zero-order valence-corrected chi connectivity index (χ0v) is 6.38. The summed E-state index contributed by atoms with van der Waals surface area (Å²) in [6, 6.07) is 0.314. The number of methoxy groups -OCH3 is 1. The molecule has 0 bridgehead atoms. The summed E-state index contributed by atoms with van der Waals surface area (Å²) in [6.07, 6.45) is 2.15. The Kier molecular flexibility index (Phi) is 3.12. The van der Waals surface area contributed by atoms with E-state index in [2.05, 4.69) is 0 Å². The summed E-state index contributed by atoms with van der Waals surface area (Å²) in [6.45, 7) is 1.46. The van der Waals surface area contributed by atoms with Crippen molar-refractivity contribution in [2.75, 3.05) is 20.3 Å². The van der Waals surface area contributed by atoms with Crippen molar-refractivity contribution >= 4 is 0 Å². The highest BCUT2D eigenvalue weighted by Crippen LogP contribution is 2.11. The predicted molar refractivity (Wildman–Crippen MR) is 38.8 cm³/mol. The maximum absolute atomic E-state index is 5.72. The summed E-state index contributed by atoms with van der Waals surface area (Å²) >= 11 is 0. The summed E-state index contributed by atoms with van der Waals surface area (Å²) in [7, 11) is 1.68. The second-order valence-electron chi connectivity index (χ2n) is 2.73. The largest absolute Gasteiger partial charge is 0.382 e. The van der Waals surface area contributed by atoms with Crippen LogP contribution in [-0.2, 0) is 9.47 Å². The second-order valence-corrected chi connectivity index (χ2v) is 2.73. The molecule has 0 saturated carbocycles. The van der Waals surface area contributed by atoms with Crippen LogP contribution < -0.4 is 5.73 Å². The van der Waals surface area contributed by atoms with Crippen LogP contribution >= 0.6 is 0 Å². The maximum Gasteiger partial charge on any atom is 0.0823 e. The van der Waals surface area contributed by atoms with Crippen LogP contribution in [-0.4, -0.2) is 32.5 Å². The second kappa shape index (κ2) is 3.91. The molecule has 2 unspecified atom stereocenters. The van der Waals surface area contributed by atoms with Gasteiger partial charge in [-0.15, -0.1) is 0 Å². The van der Waals surface area contributed by atoms with Crippen molar-refractivity contribution in [3.05, 3.63) is 0 Å². The van der Waals surface area contributed by atoms with Gasteiger partial charge in [0.2, 0.25) is 0 Å². The Morgan fingerprint density at radius 3 is 3.10 bits per heavy atom. The third-order valence-electron chi connectivity index (χ3n) is 1.76. The summed E-state index contributed by atoms with van der Waals surface area (Å²) in [5.74, 6) is 0. The quantitative estimate of drug-likeness (QED) is 0.601. The first-order valence-electron chi connectivity index (χ1n) is 3.69. The molecule has 0 aromatic rings. The third kappa shape index (κ3) is 2.25. The molecule has 3 heteroatoms. The van der Waals surface area contributed by atoms with Gasteiger partial charge in [0.25, 0.3) is 0 Å². The Hall–Kier alpha value is -0.120. The Morgan fingerprint density at radius 1 is 1.70 bits per heavy atom. The van der Waals surface area contributed by atoms with Crippen molar-refractivity contribution in [1.82, 2.24) is 0 Å². The zero-order valence-electron chi connectivity index (χ0n) is 6.38. The Balaban J connectivity index is 2.18. The van der Waals surface area contributed by atoms with Gasteiger partial charge in [0.05, 0.1) is 12.7 Å². The van der Waals surface area contributed by atoms with Gasteiger partial charge in [-0.1, -0.05) is 0 Å². The summed E-state index contributed by atoms with van der Waals surface area (Å²) < 4.78 is 10.3. The molecule has 0 amide bonds. The number of nitrogens with two attached hydrogens (primary N) is 1. The predicted octanol–water partition coefficient (Wildman–Crippen LogP) is 0.139. The van der Waals surface area contributed by atoms with E-state index in [4.69, 9.17) is 15.2 Å². The number of hydrogen-bond acceptors (Lipinski definition) is 3. The minimum absolute atomic E-state index is 0.230. The van der Waals surface area contributed by atoms with Crippen LogP contribution in [0.15, 0.2) is 0 Å². The highest BCUT2D eigenvalue weighted by atomic mass is 16.5. The first kappa shape index (κ1) is 7.98. The SMILES string of the molecule is COCC1CC(N)CCO1. The molecule has 3 nitrogen and oxygen atoms in total. The van der Waals surface area contributed by atoms with Gasteiger partial charge in [-0.05, 0) is 12.8 Å². The van der Waals surface area contributed by atoms with Gasteiger partial charge in [-0.2, -0.15) is 0 Å². The van der Waals surface area contributed by atoms with Crippen LogP contribution in [0.5, 0.6) is 0 Å².